The Morgan fingerprint density at radius 2 is 0.700 bits per heavy atom. The molecule has 182 valence electrons. The number of amides is 4. The fourth-order valence-corrected chi connectivity index (χ4v) is 5.83. The van der Waals surface area contributed by atoms with Gasteiger partial charge in [-0.15, -0.1) is 0 Å². The van der Waals surface area contributed by atoms with E-state index in [0.717, 1.165) is 30.4 Å². The topological polar surface area (TPSA) is 81.2 Å². The van der Waals surface area contributed by atoms with Crippen molar-refractivity contribution in [2.45, 2.75) is 13.8 Å². The number of carbonyl (C=O) groups excluding carboxylic acids is 4. The molecular weight excluding hydrogens is 500 g/mol. The standard InChI is InChI=1S/C28H14B4N4O4/c1-11-3-5-13-17(7-11)33(29)25(37)21(13)23-15-9-20-16(10-19(15)35(31)27(23)39)24(28(40)36(20)32)22-14-6-4-12(2)8-18(14)34(30)26(22)38/h3-10H,1-2H3/b23-21+,24-22+. The Bertz CT molecular complexity index is 1750. The van der Waals surface area contributed by atoms with Gasteiger partial charge in [0.05, 0.1) is 22.3 Å². The third-order valence-electron chi connectivity index (χ3n) is 7.77. The molecule has 4 aliphatic rings. The van der Waals surface area contributed by atoms with Crippen LogP contribution in [0.2, 0.25) is 0 Å². The highest BCUT2D eigenvalue weighted by Crippen LogP contribution is 2.52. The number of hydrogen-bond donors (Lipinski definition) is 0. The van der Waals surface area contributed by atoms with E-state index in [9.17, 15) is 19.2 Å². The highest BCUT2D eigenvalue weighted by atomic mass is 16.2. The lowest BCUT2D eigenvalue weighted by Gasteiger charge is -2.13. The average Bonchev–Trinajstić information content (AvgIpc) is 3.51. The summed E-state index contributed by atoms with van der Waals surface area (Å²) in [5.74, 6) is -2.39. The Hall–Kier alpha value is -4.72. The summed E-state index contributed by atoms with van der Waals surface area (Å²) in [7, 11) is 24.6. The molecular formula is C28H14B4N4O4. The second-order valence-electron chi connectivity index (χ2n) is 10.1. The predicted molar refractivity (Wildman–Crippen MR) is 155 cm³/mol. The van der Waals surface area contributed by atoms with Gasteiger partial charge in [-0.1, -0.05) is 24.3 Å². The fraction of sp³-hybridized carbons (Fsp3) is 0.0714. The Kier molecular flexibility index (Phi) is 4.81. The molecule has 0 saturated carbocycles. The zero-order valence-electron chi connectivity index (χ0n) is 21.4. The van der Waals surface area contributed by atoms with Crippen LogP contribution in [-0.4, -0.2) is 55.6 Å². The van der Waals surface area contributed by atoms with Crippen LogP contribution in [-0.2, 0) is 19.2 Å². The number of fused-ring (bicyclic) bond motifs is 4. The zero-order valence-corrected chi connectivity index (χ0v) is 21.4. The van der Waals surface area contributed by atoms with Crippen LogP contribution in [0.5, 0.6) is 0 Å². The van der Waals surface area contributed by atoms with Crippen LogP contribution in [0.4, 0.5) is 22.7 Å². The Morgan fingerprint density at radius 1 is 0.425 bits per heavy atom. The van der Waals surface area contributed by atoms with E-state index in [-0.39, 0.29) is 33.7 Å². The van der Waals surface area contributed by atoms with Crippen molar-refractivity contribution in [1.29, 1.82) is 0 Å². The molecule has 0 bridgehead atoms. The molecule has 0 atom stereocenters. The number of anilines is 4. The molecule has 3 aromatic carbocycles. The second-order valence-corrected chi connectivity index (χ2v) is 10.1. The minimum absolute atomic E-state index is 0.0382. The molecule has 4 amide bonds. The smallest absolute Gasteiger partial charge is 0.246 e. The van der Waals surface area contributed by atoms with Crippen molar-refractivity contribution in [2.24, 2.45) is 0 Å². The normalized spacial score (nSPS) is 21.1. The third-order valence-corrected chi connectivity index (χ3v) is 7.77. The summed E-state index contributed by atoms with van der Waals surface area (Å²) in [4.78, 5) is 57.4. The van der Waals surface area contributed by atoms with E-state index >= 15 is 0 Å². The van der Waals surface area contributed by atoms with Gasteiger partial charge in [0, 0.05) is 45.0 Å². The molecule has 3 aromatic rings. The van der Waals surface area contributed by atoms with E-state index in [1.165, 1.54) is 12.1 Å². The minimum Gasteiger partial charge on any atom is -0.365 e. The van der Waals surface area contributed by atoms with Gasteiger partial charge in [0.2, 0.25) is 55.6 Å². The summed E-state index contributed by atoms with van der Waals surface area (Å²) >= 11 is 0. The first kappa shape index (κ1) is 24.3. The first-order valence-corrected chi connectivity index (χ1v) is 12.3. The second kappa shape index (κ2) is 7.91. The molecule has 40 heavy (non-hydrogen) atoms. The quantitative estimate of drug-likeness (QED) is 0.339. The van der Waals surface area contributed by atoms with Crippen molar-refractivity contribution in [2.75, 3.05) is 19.2 Å². The molecule has 8 radical (unpaired) electrons. The monoisotopic (exact) mass is 514 g/mol. The van der Waals surface area contributed by atoms with Crippen molar-refractivity contribution >= 4 is 101 Å². The lowest BCUT2D eigenvalue weighted by Crippen LogP contribution is -2.26. The van der Waals surface area contributed by atoms with Crippen LogP contribution >= 0.6 is 0 Å². The molecule has 0 saturated heterocycles. The number of benzene rings is 3. The lowest BCUT2D eigenvalue weighted by molar-refractivity contribution is -0.113. The van der Waals surface area contributed by atoms with E-state index in [0.29, 0.717) is 33.6 Å². The van der Waals surface area contributed by atoms with Crippen molar-refractivity contribution in [1.82, 2.24) is 0 Å². The molecule has 4 heterocycles. The molecule has 0 N–H and O–H groups in total. The Labute approximate surface area is 234 Å². The van der Waals surface area contributed by atoms with Gasteiger partial charge in [-0.05, 0) is 49.2 Å². The summed E-state index contributed by atoms with van der Waals surface area (Å²) in [5, 5.41) is 0. The predicted octanol–water partition coefficient (Wildman–Crippen LogP) is 1.85. The molecule has 0 unspecified atom stereocenters. The molecule has 8 nitrogen and oxygen atoms in total. The molecule has 0 aromatic heterocycles. The van der Waals surface area contributed by atoms with Gasteiger partial charge in [0.1, 0.15) is 0 Å². The number of rotatable bonds is 0. The average molecular weight is 514 g/mol. The number of aryl methyl sites for hydroxylation is 2. The van der Waals surface area contributed by atoms with Gasteiger partial charge >= 0.3 is 0 Å². The largest absolute Gasteiger partial charge is 0.365 e. The first-order valence-electron chi connectivity index (χ1n) is 12.3. The molecule has 12 heteroatoms. The van der Waals surface area contributed by atoms with E-state index in [2.05, 4.69) is 0 Å². The van der Waals surface area contributed by atoms with Gasteiger partial charge in [-0.25, -0.2) is 0 Å². The van der Waals surface area contributed by atoms with Gasteiger partial charge in [-0.2, -0.15) is 0 Å². The van der Waals surface area contributed by atoms with Crippen molar-refractivity contribution in [3.8, 4) is 0 Å². The number of nitrogens with zero attached hydrogens (tertiary/aromatic N) is 4. The van der Waals surface area contributed by atoms with Crippen molar-refractivity contribution in [3.63, 3.8) is 0 Å². The van der Waals surface area contributed by atoms with E-state index in [1.807, 2.05) is 26.0 Å². The summed E-state index contributed by atoms with van der Waals surface area (Å²) < 4.78 is 0. The zero-order chi connectivity index (χ0) is 28.4. The van der Waals surface area contributed by atoms with E-state index < -0.39 is 23.6 Å². The molecule has 0 aliphatic carbocycles. The molecule has 4 aliphatic heterocycles. The number of hydrogen-bond acceptors (Lipinski definition) is 4. The SMILES string of the molecule is [B]N1C(=O)/C(=C2/C(=O)N([B])c3cc4c(cc32)N([B])C(=O)/C4=C2/C(=O)N([B])c3cc(C)ccc32)c2ccc(C)cc21. The Morgan fingerprint density at radius 3 is 1.02 bits per heavy atom. The summed E-state index contributed by atoms with van der Waals surface area (Å²) in [5.41, 5.74) is 5.02. The maximum absolute atomic E-state index is 13.5. The molecule has 0 spiro atoms. The number of carbonyl (C=O) groups is 4. The third kappa shape index (κ3) is 2.90. The van der Waals surface area contributed by atoms with Crippen molar-refractivity contribution in [3.05, 3.63) is 81.9 Å². The maximum Gasteiger partial charge on any atom is 0.246 e. The van der Waals surface area contributed by atoms with Crippen LogP contribution < -0.4 is 19.2 Å². The highest BCUT2D eigenvalue weighted by molar-refractivity contribution is 6.60. The maximum atomic E-state index is 13.5. The summed E-state index contributed by atoms with van der Waals surface area (Å²) in [6.45, 7) is 3.73. The van der Waals surface area contributed by atoms with Crippen LogP contribution in [0.1, 0.15) is 33.4 Å². The van der Waals surface area contributed by atoms with Gasteiger partial charge in [0.15, 0.2) is 0 Å². The van der Waals surface area contributed by atoms with Crippen LogP contribution in [0.3, 0.4) is 0 Å². The molecule has 0 fully saturated rings. The molecule has 7 rings (SSSR count). The minimum atomic E-state index is -0.626. The highest BCUT2D eigenvalue weighted by Gasteiger charge is 2.44. The summed E-state index contributed by atoms with van der Waals surface area (Å²) in [6, 6.07) is 13.6. The Balaban J connectivity index is 1.49. The van der Waals surface area contributed by atoms with Crippen LogP contribution in [0.25, 0.3) is 22.3 Å². The van der Waals surface area contributed by atoms with Gasteiger partial charge in [0.25, 0.3) is 0 Å². The van der Waals surface area contributed by atoms with Gasteiger partial charge in [-0.3, -0.25) is 19.2 Å². The summed E-state index contributed by atoms with van der Waals surface area (Å²) in [6.07, 6.45) is 0. The van der Waals surface area contributed by atoms with Crippen molar-refractivity contribution < 1.29 is 19.2 Å². The van der Waals surface area contributed by atoms with E-state index in [4.69, 9.17) is 31.9 Å². The van der Waals surface area contributed by atoms with E-state index in [1.54, 1.807) is 24.3 Å². The fourth-order valence-electron chi connectivity index (χ4n) is 5.83. The van der Waals surface area contributed by atoms with Crippen LogP contribution in [0.15, 0.2) is 48.5 Å². The lowest BCUT2D eigenvalue weighted by atomic mass is 9.92. The van der Waals surface area contributed by atoms with Gasteiger partial charge < -0.3 is 19.2 Å². The van der Waals surface area contributed by atoms with Crippen LogP contribution in [0, 0.1) is 13.8 Å². The first-order chi connectivity index (χ1) is 19.0.